The number of ether oxygens (including phenoxy) is 1. The van der Waals surface area contributed by atoms with Gasteiger partial charge in [-0.2, -0.15) is 0 Å². The van der Waals surface area contributed by atoms with Crippen molar-refractivity contribution in [2.45, 2.75) is 31.6 Å². The minimum Gasteiger partial charge on any atom is -0.376 e. The molecule has 0 radical (unpaired) electrons. The molecule has 1 aliphatic heterocycles. The molecule has 0 aliphatic carbocycles. The third-order valence-corrected chi connectivity index (χ3v) is 6.03. The van der Waals surface area contributed by atoms with Gasteiger partial charge >= 0.3 is 0 Å². The zero-order valence-electron chi connectivity index (χ0n) is 15.1. The molecule has 7 nitrogen and oxygen atoms in total. The number of carbonyl (C=O) groups excluding carboxylic acids is 2. The molecule has 1 aliphatic rings. The molecule has 1 aromatic heterocycles. The van der Waals surface area contributed by atoms with Gasteiger partial charge in [0.2, 0.25) is 10.9 Å². The number of hydrogen-bond acceptors (Lipinski definition) is 7. The molecule has 2 aromatic rings. The van der Waals surface area contributed by atoms with E-state index in [1.54, 1.807) is 0 Å². The van der Waals surface area contributed by atoms with Gasteiger partial charge in [0.1, 0.15) is 5.01 Å². The Bertz CT molecular complexity index is 773. The van der Waals surface area contributed by atoms with Crippen LogP contribution in [0.5, 0.6) is 0 Å². The number of aryl methyl sites for hydroxylation is 1. The van der Waals surface area contributed by atoms with E-state index in [1.165, 1.54) is 23.1 Å². The first-order valence-electron chi connectivity index (χ1n) is 8.76. The third kappa shape index (κ3) is 6.30. The molecular weight excluding hydrogens is 384 g/mol. The summed E-state index contributed by atoms with van der Waals surface area (Å²) in [6, 6.07) is 7.56. The topological polar surface area (TPSA) is 93.2 Å². The van der Waals surface area contributed by atoms with Crippen LogP contribution in [-0.4, -0.2) is 47.0 Å². The highest BCUT2D eigenvalue weighted by Crippen LogP contribution is 2.18. The van der Waals surface area contributed by atoms with Crippen molar-refractivity contribution < 1.29 is 14.3 Å². The predicted molar refractivity (Wildman–Crippen MR) is 107 cm³/mol. The lowest BCUT2D eigenvalue weighted by Crippen LogP contribution is -2.32. The summed E-state index contributed by atoms with van der Waals surface area (Å²) < 4.78 is 5.47. The Balaban J connectivity index is 1.38. The second kappa shape index (κ2) is 9.82. The van der Waals surface area contributed by atoms with Crippen molar-refractivity contribution in [3.8, 4) is 0 Å². The third-order valence-electron chi connectivity index (χ3n) is 3.98. The molecule has 3 rings (SSSR count). The van der Waals surface area contributed by atoms with Gasteiger partial charge in [-0.05, 0) is 31.9 Å². The number of carbonyl (C=O) groups is 2. The SMILES string of the molecule is Cc1ccc(NC(=O)c2nnc(CSCC(=O)NC[C@H]3CCCO3)s2)cc1. The lowest BCUT2D eigenvalue weighted by Gasteiger charge is -2.10. The van der Waals surface area contributed by atoms with Crippen LogP contribution in [0, 0.1) is 6.92 Å². The molecule has 1 fully saturated rings. The molecule has 2 heterocycles. The summed E-state index contributed by atoms with van der Waals surface area (Å²) in [4.78, 5) is 24.1. The van der Waals surface area contributed by atoms with E-state index in [0.29, 0.717) is 23.1 Å². The van der Waals surface area contributed by atoms with Crippen LogP contribution < -0.4 is 10.6 Å². The van der Waals surface area contributed by atoms with E-state index in [2.05, 4.69) is 20.8 Å². The number of aromatic nitrogens is 2. The standard InChI is InChI=1S/C18H22N4O3S2/c1-12-4-6-13(7-5-12)20-17(24)18-22-21-16(27-18)11-26-10-15(23)19-9-14-3-2-8-25-14/h4-7,14H,2-3,8-11H2,1H3,(H,19,23)(H,20,24)/t14-/m1/s1. The summed E-state index contributed by atoms with van der Waals surface area (Å²) in [6.07, 6.45) is 2.22. The molecule has 27 heavy (non-hydrogen) atoms. The molecule has 0 saturated carbocycles. The van der Waals surface area contributed by atoms with Crippen LogP contribution in [-0.2, 0) is 15.3 Å². The Morgan fingerprint density at radius 1 is 1.30 bits per heavy atom. The molecular formula is C18H22N4O3S2. The maximum Gasteiger partial charge on any atom is 0.286 e. The van der Waals surface area contributed by atoms with Gasteiger partial charge in [-0.3, -0.25) is 9.59 Å². The van der Waals surface area contributed by atoms with E-state index in [4.69, 9.17) is 4.74 Å². The van der Waals surface area contributed by atoms with E-state index < -0.39 is 0 Å². The lowest BCUT2D eigenvalue weighted by atomic mass is 10.2. The van der Waals surface area contributed by atoms with Crippen molar-refractivity contribution in [3.63, 3.8) is 0 Å². The fraction of sp³-hybridized carbons (Fsp3) is 0.444. The molecule has 0 bridgehead atoms. The molecule has 0 unspecified atom stereocenters. The minimum absolute atomic E-state index is 0.0163. The van der Waals surface area contributed by atoms with Crippen LogP contribution in [0.4, 0.5) is 5.69 Å². The summed E-state index contributed by atoms with van der Waals surface area (Å²) in [5.74, 6) is 0.597. The van der Waals surface area contributed by atoms with Crippen molar-refractivity contribution in [2.75, 3.05) is 24.2 Å². The fourth-order valence-electron chi connectivity index (χ4n) is 2.54. The highest BCUT2D eigenvalue weighted by molar-refractivity contribution is 7.99. The van der Waals surface area contributed by atoms with Crippen molar-refractivity contribution >= 4 is 40.6 Å². The number of nitrogens with one attached hydrogen (secondary N) is 2. The lowest BCUT2D eigenvalue weighted by molar-refractivity contribution is -0.119. The highest BCUT2D eigenvalue weighted by Gasteiger charge is 2.16. The Labute approximate surface area is 166 Å². The van der Waals surface area contributed by atoms with E-state index in [0.717, 1.165) is 35.7 Å². The van der Waals surface area contributed by atoms with Gasteiger partial charge in [0, 0.05) is 24.6 Å². The van der Waals surface area contributed by atoms with Crippen LogP contribution in [0.1, 0.15) is 33.2 Å². The van der Waals surface area contributed by atoms with E-state index in [9.17, 15) is 9.59 Å². The first-order chi connectivity index (χ1) is 13.1. The molecule has 1 aromatic carbocycles. The van der Waals surface area contributed by atoms with Gasteiger partial charge in [-0.1, -0.05) is 29.0 Å². The van der Waals surface area contributed by atoms with E-state index in [1.807, 2.05) is 31.2 Å². The number of hydrogen-bond donors (Lipinski definition) is 2. The second-order valence-corrected chi connectivity index (χ2v) is 8.30. The second-order valence-electron chi connectivity index (χ2n) is 6.25. The first kappa shape index (κ1) is 19.8. The fourth-order valence-corrected chi connectivity index (χ4v) is 4.18. The van der Waals surface area contributed by atoms with Crippen molar-refractivity contribution in [3.05, 3.63) is 39.8 Å². The minimum atomic E-state index is -0.276. The van der Waals surface area contributed by atoms with Crippen molar-refractivity contribution in [1.29, 1.82) is 0 Å². The largest absolute Gasteiger partial charge is 0.376 e. The number of thioether (sulfide) groups is 1. The van der Waals surface area contributed by atoms with Crippen LogP contribution in [0.3, 0.4) is 0 Å². The maximum absolute atomic E-state index is 12.2. The monoisotopic (exact) mass is 406 g/mol. The molecule has 1 atom stereocenters. The van der Waals surface area contributed by atoms with Crippen molar-refractivity contribution in [2.24, 2.45) is 0 Å². The zero-order chi connectivity index (χ0) is 19.1. The summed E-state index contributed by atoms with van der Waals surface area (Å²) in [6.45, 7) is 3.34. The van der Waals surface area contributed by atoms with Gasteiger partial charge in [0.15, 0.2) is 0 Å². The molecule has 144 valence electrons. The number of amides is 2. The predicted octanol–water partition coefficient (Wildman–Crippen LogP) is 2.63. The number of benzene rings is 1. The Hall–Kier alpha value is -1.97. The summed E-state index contributed by atoms with van der Waals surface area (Å²) in [5.41, 5.74) is 1.85. The van der Waals surface area contributed by atoms with E-state index >= 15 is 0 Å². The van der Waals surface area contributed by atoms with Crippen LogP contribution in [0.25, 0.3) is 0 Å². The van der Waals surface area contributed by atoms with Gasteiger partial charge in [0.25, 0.3) is 5.91 Å². The van der Waals surface area contributed by atoms with Gasteiger partial charge in [-0.25, -0.2) is 0 Å². The number of nitrogens with zero attached hydrogens (tertiary/aromatic N) is 2. The Morgan fingerprint density at radius 3 is 2.85 bits per heavy atom. The Morgan fingerprint density at radius 2 is 2.11 bits per heavy atom. The average Bonchev–Trinajstić information content (AvgIpc) is 3.34. The van der Waals surface area contributed by atoms with Gasteiger partial charge < -0.3 is 15.4 Å². The van der Waals surface area contributed by atoms with Crippen LogP contribution >= 0.6 is 23.1 Å². The molecule has 2 amide bonds. The molecule has 9 heteroatoms. The number of anilines is 1. The first-order valence-corrected chi connectivity index (χ1v) is 10.7. The van der Waals surface area contributed by atoms with Crippen LogP contribution in [0.15, 0.2) is 24.3 Å². The van der Waals surface area contributed by atoms with Crippen LogP contribution in [0.2, 0.25) is 0 Å². The molecule has 2 N–H and O–H groups in total. The van der Waals surface area contributed by atoms with Gasteiger partial charge in [-0.15, -0.1) is 22.0 Å². The highest BCUT2D eigenvalue weighted by atomic mass is 32.2. The maximum atomic E-state index is 12.2. The van der Waals surface area contributed by atoms with E-state index in [-0.39, 0.29) is 17.9 Å². The summed E-state index contributed by atoms with van der Waals surface area (Å²) in [7, 11) is 0. The Kier molecular flexibility index (Phi) is 7.19. The molecule has 1 saturated heterocycles. The van der Waals surface area contributed by atoms with Crippen molar-refractivity contribution in [1.82, 2.24) is 15.5 Å². The summed E-state index contributed by atoms with van der Waals surface area (Å²) in [5, 5.41) is 14.7. The zero-order valence-corrected chi connectivity index (χ0v) is 16.7. The normalized spacial score (nSPS) is 16.3. The van der Waals surface area contributed by atoms with Gasteiger partial charge in [0.05, 0.1) is 11.9 Å². The average molecular weight is 407 g/mol. The summed E-state index contributed by atoms with van der Waals surface area (Å²) >= 11 is 2.69. The smallest absolute Gasteiger partial charge is 0.286 e. The quantitative estimate of drug-likeness (QED) is 0.700. The molecule has 0 spiro atoms. The number of rotatable bonds is 8.